The molecule has 1 aromatic heterocycles. The van der Waals surface area contributed by atoms with Gasteiger partial charge in [-0.15, -0.1) is 0 Å². The molecule has 0 fully saturated rings. The summed E-state index contributed by atoms with van der Waals surface area (Å²) < 4.78 is 0. The minimum absolute atomic E-state index is 0.156. The molecule has 0 bridgehead atoms. The molecule has 3 heteroatoms. The summed E-state index contributed by atoms with van der Waals surface area (Å²) >= 11 is 0. The number of aromatic nitrogens is 1. The van der Waals surface area contributed by atoms with E-state index in [0.717, 1.165) is 24.9 Å². The van der Waals surface area contributed by atoms with Crippen LogP contribution in [-0.2, 0) is 6.54 Å². The van der Waals surface area contributed by atoms with Crippen LogP contribution in [0.3, 0.4) is 0 Å². The molecular weight excluding hydrogens is 260 g/mol. The monoisotopic (exact) mass is 284 g/mol. The highest BCUT2D eigenvalue weighted by Crippen LogP contribution is 2.20. The third-order valence-corrected chi connectivity index (χ3v) is 3.79. The first kappa shape index (κ1) is 15.7. The van der Waals surface area contributed by atoms with Gasteiger partial charge in [0.2, 0.25) is 0 Å². The first-order valence-electron chi connectivity index (χ1n) is 7.52. The van der Waals surface area contributed by atoms with E-state index < -0.39 is 0 Å². The van der Waals surface area contributed by atoms with Crippen molar-refractivity contribution in [3.05, 3.63) is 54.4 Å². The lowest BCUT2D eigenvalue weighted by molar-refractivity contribution is 0.163. The molecule has 0 spiro atoms. The van der Waals surface area contributed by atoms with Crippen LogP contribution < -0.4 is 5.32 Å². The highest BCUT2D eigenvalue weighted by Gasteiger charge is 2.20. The van der Waals surface area contributed by atoms with Gasteiger partial charge in [0.25, 0.3) is 0 Å². The molecule has 1 unspecified atom stereocenters. The van der Waals surface area contributed by atoms with E-state index in [0.29, 0.717) is 0 Å². The molecule has 0 amide bonds. The van der Waals surface area contributed by atoms with Gasteiger partial charge in [0, 0.05) is 24.5 Å². The fourth-order valence-corrected chi connectivity index (χ4v) is 2.48. The largest absolute Gasteiger partial charge is 0.394 e. The fourth-order valence-electron chi connectivity index (χ4n) is 2.48. The summed E-state index contributed by atoms with van der Waals surface area (Å²) in [6.45, 7) is 5.12. The van der Waals surface area contributed by atoms with Gasteiger partial charge in [-0.05, 0) is 42.2 Å². The van der Waals surface area contributed by atoms with Crippen LogP contribution in [0.5, 0.6) is 0 Å². The average molecular weight is 284 g/mol. The van der Waals surface area contributed by atoms with Crippen molar-refractivity contribution < 1.29 is 5.11 Å². The average Bonchev–Trinajstić information content (AvgIpc) is 2.54. The van der Waals surface area contributed by atoms with Crippen LogP contribution in [0.1, 0.15) is 32.3 Å². The number of rotatable bonds is 7. The third kappa shape index (κ3) is 4.38. The molecule has 2 aromatic rings. The first-order chi connectivity index (χ1) is 10.2. The zero-order valence-electron chi connectivity index (χ0n) is 12.8. The number of hydrogen-bond donors (Lipinski definition) is 2. The lowest BCUT2D eigenvalue weighted by Gasteiger charge is -2.28. The summed E-state index contributed by atoms with van der Waals surface area (Å²) in [6, 6.07) is 12.5. The zero-order chi connectivity index (χ0) is 15.1. The summed E-state index contributed by atoms with van der Waals surface area (Å²) in [5.41, 5.74) is 3.30. The van der Waals surface area contributed by atoms with E-state index in [1.54, 1.807) is 6.20 Å². The van der Waals surface area contributed by atoms with Gasteiger partial charge in [0.1, 0.15) is 0 Å². The van der Waals surface area contributed by atoms with Crippen molar-refractivity contribution in [1.29, 1.82) is 0 Å². The quantitative estimate of drug-likeness (QED) is 0.819. The van der Waals surface area contributed by atoms with E-state index in [-0.39, 0.29) is 12.1 Å². The zero-order valence-corrected chi connectivity index (χ0v) is 12.8. The van der Waals surface area contributed by atoms with Gasteiger partial charge in [-0.25, -0.2) is 0 Å². The predicted octanol–water partition coefficient (Wildman–Crippen LogP) is 3.39. The van der Waals surface area contributed by atoms with E-state index in [9.17, 15) is 5.11 Å². The van der Waals surface area contributed by atoms with Crippen molar-refractivity contribution in [1.82, 2.24) is 10.3 Å². The Balaban J connectivity index is 2.08. The minimum atomic E-state index is -0.209. The molecule has 0 aliphatic rings. The molecule has 2 N–H and O–H groups in total. The second-order valence-electron chi connectivity index (χ2n) is 5.76. The van der Waals surface area contributed by atoms with Gasteiger partial charge in [0.05, 0.1) is 6.61 Å². The number of nitrogens with zero attached hydrogens (tertiary/aromatic N) is 1. The highest BCUT2D eigenvalue weighted by atomic mass is 16.3. The topological polar surface area (TPSA) is 45.1 Å². The van der Waals surface area contributed by atoms with Crippen LogP contribution >= 0.6 is 0 Å². The van der Waals surface area contributed by atoms with E-state index in [1.165, 1.54) is 11.1 Å². The van der Waals surface area contributed by atoms with Crippen LogP contribution in [0, 0.1) is 0 Å². The maximum atomic E-state index is 9.56. The molecule has 1 atom stereocenters. The summed E-state index contributed by atoms with van der Waals surface area (Å²) in [7, 11) is 0. The van der Waals surface area contributed by atoms with Gasteiger partial charge in [-0.1, -0.05) is 37.6 Å². The van der Waals surface area contributed by atoms with E-state index >= 15 is 0 Å². The van der Waals surface area contributed by atoms with E-state index in [2.05, 4.69) is 54.5 Å². The molecule has 21 heavy (non-hydrogen) atoms. The molecule has 0 saturated carbocycles. The number of aliphatic hydroxyl groups excluding tert-OH is 1. The summed E-state index contributed by atoms with van der Waals surface area (Å²) in [5, 5.41) is 13.0. The number of aliphatic hydroxyl groups is 1. The van der Waals surface area contributed by atoms with Gasteiger partial charge in [0.15, 0.2) is 0 Å². The van der Waals surface area contributed by atoms with Crippen LogP contribution in [-0.4, -0.2) is 22.2 Å². The first-order valence-corrected chi connectivity index (χ1v) is 7.52. The third-order valence-electron chi connectivity index (χ3n) is 3.79. The van der Waals surface area contributed by atoms with Crippen LogP contribution in [0.4, 0.5) is 0 Å². The predicted molar refractivity (Wildman–Crippen MR) is 86.9 cm³/mol. The fraction of sp³-hybridized carbons (Fsp3) is 0.389. The second kappa shape index (κ2) is 7.34. The SMILES string of the molecule is CCCC(C)(CO)NCc1cccc(-c2cccnc2)c1. The Labute approximate surface area is 127 Å². The molecule has 112 valence electrons. The lowest BCUT2D eigenvalue weighted by atomic mass is 9.96. The molecule has 0 aliphatic carbocycles. The van der Waals surface area contributed by atoms with Crippen LogP contribution in [0.2, 0.25) is 0 Å². The number of benzene rings is 1. The molecule has 1 aromatic carbocycles. The summed E-state index contributed by atoms with van der Waals surface area (Å²) in [5.74, 6) is 0. The Hall–Kier alpha value is -1.71. The Morgan fingerprint density at radius 3 is 2.67 bits per heavy atom. The second-order valence-corrected chi connectivity index (χ2v) is 5.76. The lowest BCUT2D eigenvalue weighted by Crippen LogP contribution is -2.45. The number of pyridine rings is 1. The molecule has 1 heterocycles. The molecular formula is C18H24N2O. The van der Waals surface area contributed by atoms with Crippen molar-refractivity contribution >= 4 is 0 Å². The normalized spacial score (nSPS) is 13.9. The van der Waals surface area contributed by atoms with Crippen LogP contribution in [0.15, 0.2) is 48.8 Å². The van der Waals surface area contributed by atoms with Crippen molar-refractivity contribution in [3.8, 4) is 11.1 Å². The Kier molecular flexibility index (Phi) is 5.48. The van der Waals surface area contributed by atoms with Gasteiger partial charge < -0.3 is 10.4 Å². The minimum Gasteiger partial charge on any atom is -0.394 e. The molecule has 3 nitrogen and oxygen atoms in total. The van der Waals surface area contributed by atoms with E-state index in [1.807, 2.05) is 12.3 Å². The maximum absolute atomic E-state index is 9.56. The molecule has 0 aliphatic heterocycles. The maximum Gasteiger partial charge on any atom is 0.0610 e. The van der Waals surface area contributed by atoms with Gasteiger partial charge in [-0.2, -0.15) is 0 Å². The van der Waals surface area contributed by atoms with Crippen molar-refractivity contribution in [2.24, 2.45) is 0 Å². The Morgan fingerprint density at radius 2 is 2.00 bits per heavy atom. The van der Waals surface area contributed by atoms with Crippen molar-refractivity contribution in [2.45, 2.75) is 38.8 Å². The van der Waals surface area contributed by atoms with E-state index in [4.69, 9.17) is 0 Å². The van der Waals surface area contributed by atoms with Crippen molar-refractivity contribution in [3.63, 3.8) is 0 Å². The number of nitrogens with one attached hydrogen (secondary N) is 1. The Bertz CT molecular complexity index is 556. The molecule has 2 rings (SSSR count). The molecule has 0 saturated heterocycles. The highest BCUT2D eigenvalue weighted by molar-refractivity contribution is 5.62. The summed E-state index contributed by atoms with van der Waals surface area (Å²) in [6.07, 6.45) is 5.68. The van der Waals surface area contributed by atoms with Crippen LogP contribution in [0.25, 0.3) is 11.1 Å². The smallest absolute Gasteiger partial charge is 0.0610 e. The molecule has 0 radical (unpaired) electrons. The van der Waals surface area contributed by atoms with Gasteiger partial charge >= 0.3 is 0 Å². The number of hydrogen-bond acceptors (Lipinski definition) is 3. The summed E-state index contributed by atoms with van der Waals surface area (Å²) in [4.78, 5) is 4.16. The Morgan fingerprint density at radius 1 is 1.19 bits per heavy atom. The standard InChI is InChI=1S/C18H24N2O/c1-3-9-18(2,14-21)20-12-15-6-4-7-16(11-15)17-8-5-10-19-13-17/h4-8,10-11,13,20-21H,3,9,12,14H2,1-2H3. The van der Waals surface area contributed by atoms with Crippen molar-refractivity contribution in [2.75, 3.05) is 6.61 Å². The van der Waals surface area contributed by atoms with Gasteiger partial charge in [-0.3, -0.25) is 4.98 Å².